The Kier molecular flexibility index (Phi) is 6.81. The van der Waals surface area contributed by atoms with E-state index in [0.717, 1.165) is 50.8 Å². The van der Waals surface area contributed by atoms with E-state index in [1.165, 1.54) is 0 Å². The molecule has 1 aliphatic heterocycles. The Labute approximate surface area is 114 Å². The first-order valence-electron chi connectivity index (χ1n) is 6.48. The van der Waals surface area contributed by atoms with Gasteiger partial charge in [-0.1, -0.05) is 13.8 Å². The van der Waals surface area contributed by atoms with Gasteiger partial charge in [0.05, 0.1) is 0 Å². The van der Waals surface area contributed by atoms with Crippen LogP contribution in [0.3, 0.4) is 0 Å². The number of ether oxygens (including phenoxy) is 1. The molecule has 5 nitrogen and oxygen atoms in total. The minimum Gasteiger partial charge on any atom is -0.385 e. The van der Waals surface area contributed by atoms with Gasteiger partial charge in [0.2, 0.25) is 5.96 Å². The first kappa shape index (κ1) is 15.6. The van der Waals surface area contributed by atoms with Gasteiger partial charge >= 0.3 is 0 Å². The van der Waals surface area contributed by atoms with Crippen LogP contribution in [-0.2, 0) is 4.74 Å². The van der Waals surface area contributed by atoms with Gasteiger partial charge in [0, 0.05) is 43.9 Å². The molecule has 6 heteroatoms. The molecular weight excluding hydrogens is 248 g/mol. The van der Waals surface area contributed by atoms with Crippen LogP contribution in [0.5, 0.6) is 0 Å². The van der Waals surface area contributed by atoms with Crippen LogP contribution in [0.2, 0.25) is 0 Å². The lowest BCUT2D eigenvalue weighted by molar-refractivity contribution is 0.197. The lowest BCUT2D eigenvalue weighted by Gasteiger charge is -2.24. The molecule has 1 fully saturated rings. The van der Waals surface area contributed by atoms with Crippen molar-refractivity contribution in [3.8, 4) is 0 Å². The summed E-state index contributed by atoms with van der Waals surface area (Å²) in [5, 5.41) is 0. The number of nitrogens with zero attached hydrogens (tertiary/aromatic N) is 2. The fourth-order valence-electron chi connectivity index (χ4n) is 1.86. The van der Waals surface area contributed by atoms with Crippen LogP contribution in [0.15, 0.2) is 4.99 Å². The maximum Gasteiger partial charge on any atom is 0.208 e. The summed E-state index contributed by atoms with van der Waals surface area (Å²) in [5.41, 5.74) is 2.73. The van der Waals surface area contributed by atoms with E-state index in [1.807, 2.05) is 11.8 Å². The van der Waals surface area contributed by atoms with E-state index in [0.29, 0.717) is 4.75 Å². The van der Waals surface area contributed by atoms with Gasteiger partial charge in [0.1, 0.15) is 0 Å². The number of hydrogen-bond donors (Lipinski definition) is 2. The zero-order valence-electron chi connectivity index (χ0n) is 11.7. The minimum absolute atomic E-state index is 0.352. The summed E-state index contributed by atoms with van der Waals surface area (Å²) in [6.45, 7) is 8.10. The Balaban J connectivity index is 2.48. The van der Waals surface area contributed by atoms with E-state index < -0.39 is 0 Å². The molecule has 0 atom stereocenters. The topological polar surface area (TPSA) is 62.9 Å². The van der Waals surface area contributed by atoms with Gasteiger partial charge in [-0.2, -0.15) is 11.8 Å². The second kappa shape index (κ2) is 7.86. The molecule has 1 aliphatic rings. The zero-order valence-corrected chi connectivity index (χ0v) is 12.6. The summed E-state index contributed by atoms with van der Waals surface area (Å²) >= 11 is 2.02. The van der Waals surface area contributed by atoms with Crippen molar-refractivity contribution in [2.45, 2.75) is 31.4 Å². The largest absolute Gasteiger partial charge is 0.385 e. The molecule has 18 heavy (non-hydrogen) atoms. The highest BCUT2D eigenvalue weighted by Gasteiger charge is 2.24. The smallest absolute Gasteiger partial charge is 0.208 e. The van der Waals surface area contributed by atoms with Gasteiger partial charge in [0.15, 0.2) is 0 Å². The van der Waals surface area contributed by atoms with Crippen LogP contribution < -0.4 is 11.3 Å². The van der Waals surface area contributed by atoms with Crippen molar-refractivity contribution in [2.75, 3.05) is 39.1 Å². The summed E-state index contributed by atoms with van der Waals surface area (Å²) in [7, 11) is 1.71. The molecule has 0 saturated carbocycles. The average Bonchev–Trinajstić information content (AvgIpc) is 2.51. The maximum absolute atomic E-state index is 5.58. The molecule has 0 bridgehead atoms. The Morgan fingerprint density at radius 3 is 2.94 bits per heavy atom. The number of nitrogens with one attached hydrogen (secondary N) is 1. The summed E-state index contributed by atoms with van der Waals surface area (Å²) in [4.78, 5) is 6.75. The van der Waals surface area contributed by atoms with Crippen LogP contribution in [0.25, 0.3) is 0 Å². The van der Waals surface area contributed by atoms with Gasteiger partial charge in [-0.25, -0.2) is 5.84 Å². The number of thioether (sulfide) groups is 1. The van der Waals surface area contributed by atoms with Gasteiger partial charge in [-0.3, -0.25) is 10.4 Å². The van der Waals surface area contributed by atoms with Gasteiger partial charge in [-0.15, -0.1) is 0 Å². The molecule has 0 unspecified atom stereocenters. The Morgan fingerprint density at radius 1 is 1.50 bits per heavy atom. The molecule has 1 heterocycles. The van der Waals surface area contributed by atoms with E-state index in [9.17, 15) is 0 Å². The quantitative estimate of drug-likeness (QED) is 0.264. The van der Waals surface area contributed by atoms with Crippen LogP contribution in [0.1, 0.15) is 26.7 Å². The number of aliphatic imine (C=N–C) groups is 1. The van der Waals surface area contributed by atoms with E-state index >= 15 is 0 Å². The predicted octanol–water partition coefficient (Wildman–Crippen LogP) is 1.06. The monoisotopic (exact) mass is 274 g/mol. The van der Waals surface area contributed by atoms with Crippen molar-refractivity contribution >= 4 is 17.7 Å². The highest BCUT2D eigenvalue weighted by atomic mass is 32.2. The first-order chi connectivity index (χ1) is 8.59. The molecule has 0 amide bonds. The molecule has 3 N–H and O–H groups in total. The molecule has 0 aromatic rings. The van der Waals surface area contributed by atoms with Crippen molar-refractivity contribution in [2.24, 2.45) is 10.8 Å². The summed E-state index contributed by atoms with van der Waals surface area (Å²) < 4.78 is 5.36. The second-order valence-corrected chi connectivity index (χ2v) is 6.84. The Hall–Kier alpha value is -0.460. The van der Waals surface area contributed by atoms with Gasteiger partial charge in [0.25, 0.3) is 0 Å². The van der Waals surface area contributed by atoms with E-state index in [-0.39, 0.29) is 0 Å². The van der Waals surface area contributed by atoms with Crippen LogP contribution in [0.4, 0.5) is 0 Å². The molecule has 0 radical (unpaired) electrons. The maximum atomic E-state index is 5.58. The molecule has 0 aliphatic carbocycles. The second-order valence-electron chi connectivity index (χ2n) is 5.04. The summed E-state index contributed by atoms with van der Waals surface area (Å²) in [6.07, 6.45) is 2.08. The molecule has 1 rings (SSSR count). The number of hydrogen-bond acceptors (Lipinski definition) is 4. The van der Waals surface area contributed by atoms with Crippen LogP contribution >= 0.6 is 11.8 Å². The van der Waals surface area contributed by atoms with Crippen molar-refractivity contribution in [1.29, 1.82) is 0 Å². The number of nitrogens with two attached hydrogens (primary N) is 1. The van der Waals surface area contributed by atoms with E-state index in [2.05, 4.69) is 29.2 Å². The third-order valence-electron chi connectivity index (χ3n) is 3.03. The molecule has 106 valence electrons. The number of methoxy groups -OCH3 is 1. The van der Waals surface area contributed by atoms with Crippen LogP contribution in [-0.4, -0.2) is 54.7 Å². The molecule has 0 spiro atoms. The normalized spacial score (nSPS) is 20.7. The molecule has 0 aromatic heterocycles. The SMILES string of the molecule is COCCCN=C(NN)N1CCSC(C)(C)CC1. The minimum atomic E-state index is 0.352. The predicted molar refractivity (Wildman–Crippen MR) is 78.8 cm³/mol. The van der Waals surface area contributed by atoms with E-state index in [1.54, 1.807) is 7.11 Å². The fraction of sp³-hybridized carbons (Fsp3) is 0.917. The summed E-state index contributed by atoms with van der Waals surface area (Å²) in [5.74, 6) is 7.50. The third kappa shape index (κ3) is 5.46. The lowest BCUT2D eigenvalue weighted by Crippen LogP contribution is -2.46. The fourth-order valence-corrected chi connectivity index (χ4v) is 2.96. The number of guanidine groups is 1. The highest BCUT2D eigenvalue weighted by molar-refractivity contribution is 8.00. The molecule has 0 aromatic carbocycles. The van der Waals surface area contributed by atoms with Crippen molar-refractivity contribution in [3.05, 3.63) is 0 Å². The molecule has 1 saturated heterocycles. The van der Waals surface area contributed by atoms with E-state index in [4.69, 9.17) is 10.6 Å². The molecular formula is C12H26N4OS. The van der Waals surface area contributed by atoms with Crippen molar-refractivity contribution in [1.82, 2.24) is 10.3 Å². The average molecular weight is 274 g/mol. The third-order valence-corrected chi connectivity index (χ3v) is 4.41. The number of rotatable bonds is 4. The van der Waals surface area contributed by atoms with Crippen molar-refractivity contribution < 1.29 is 4.74 Å². The standard InChI is InChI=1S/C12H26N4OS/c1-12(2)5-7-16(8-10-18-12)11(15-13)14-6-4-9-17-3/h4-10,13H2,1-3H3,(H,14,15). The van der Waals surface area contributed by atoms with Crippen molar-refractivity contribution in [3.63, 3.8) is 0 Å². The van der Waals surface area contributed by atoms with Gasteiger partial charge in [-0.05, 0) is 12.8 Å². The van der Waals surface area contributed by atoms with Gasteiger partial charge < -0.3 is 9.64 Å². The highest BCUT2D eigenvalue weighted by Crippen LogP contribution is 2.30. The Morgan fingerprint density at radius 2 is 2.28 bits per heavy atom. The van der Waals surface area contributed by atoms with Crippen LogP contribution in [0, 0.1) is 0 Å². The summed E-state index contributed by atoms with van der Waals surface area (Å²) in [6, 6.07) is 0. The number of hydrazine groups is 1. The zero-order chi connectivity index (χ0) is 13.4. The first-order valence-corrected chi connectivity index (χ1v) is 7.46. The Bertz CT molecular complexity index is 271. The lowest BCUT2D eigenvalue weighted by atomic mass is 10.1.